The van der Waals surface area contributed by atoms with Gasteiger partial charge in [-0.3, -0.25) is 9.36 Å². The Hall–Kier alpha value is -4.15. The van der Waals surface area contributed by atoms with Crippen LogP contribution in [0.5, 0.6) is 5.75 Å². The van der Waals surface area contributed by atoms with E-state index >= 15 is 8.78 Å². The van der Waals surface area contributed by atoms with Crippen molar-refractivity contribution in [2.75, 3.05) is 7.11 Å². The van der Waals surface area contributed by atoms with Gasteiger partial charge in [0, 0.05) is 18.7 Å². The van der Waals surface area contributed by atoms with Crippen molar-refractivity contribution in [3.63, 3.8) is 0 Å². The zero-order valence-corrected chi connectivity index (χ0v) is 29.7. The van der Waals surface area contributed by atoms with Gasteiger partial charge in [-0.15, -0.1) is 0 Å². The van der Waals surface area contributed by atoms with Gasteiger partial charge in [-0.2, -0.15) is 18.3 Å². The van der Waals surface area contributed by atoms with Gasteiger partial charge >= 0.3 is 25.0 Å². The lowest BCUT2D eigenvalue weighted by molar-refractivity contribution is -0.217. The second kappa shape index (κ2) is 13.5. The molecule has 4 aromatic carbocycles. The van der Waals surface area contributed by atoms with Crippen LogP contribution in [-0.2, 0) is 47.7 Å². The van der Waals surface area contributed by atoms with Gasteiger partial charge in [0.2, 0.25) is 10.0 Å². The topological polar surface area (TPSA) is 147 Å². The Balaban J connectivity index is 1.49. The maximum Gasteiger partial charge on any atom is 0.411 e. The fourth-order valence-electron chi connectivity index (χ4n) is 5.06. The predicted molar refractivity (Wildman–Crippen MR) is 181 cm³/mol. The number of nitriles is 1. The van der Waals surface area contributed by atoms with Crippen molar-refractivity contribution in [3.8, 4) is 22.9 Å². The van der Waals surface area contributed by atoms with E-state index in [1.807, 2.05) is 6.07 Å². The minimum absolute atomic E-state index is 0.0891. The van der Waals surface area contributed by atoms with Crippen LogP contribution in [0.15, 0.2) is 95.9 Å². The number of sulfonamides is 1. The number of hydrogen-bond acceptors (Lipinski definition) is 8. The first kappa shape index (κ1) is 37.1. The number of hydrogen-bond donors (Lipinski definition) is 1. The standard InChI is InChI=1S/C35H32ClF2N2O8PS/c1-33(2,3)32(41)47-35(48-49(35,42)43)34(37,38)28-17-14-25(19-29(28)36)22-40(50(44,45)31-11-6-5-10-30(31)46-4)21-23-12-15-26(16-13-23)27-9-7-8-24(18-27)20-39/h5-19H,21-22H2,1-4H3,(H,42,43). The molecule has 0 saturated carbocycles. The van der Waals surface area contributed by atoms with Crippen LogP contribution >= 0.6 is 19.2 Å². The highest BCUT2D eigenvalue weighted by molar-refractivity contribution is 7.89. The molecule has 0 aromatic heterocycles. The Morgan fingerprint density at radius 2 is 1.60 bits per heavy atom. The SMILES string of the molecule is COc1ccccc1S(=O)(=O)N(Cc1ccc(-c2cccc(C#N)c2)cc1)Cc1ccc(C(F)(F)C2(OC(=O)C(C)(C)C)OP2(=O)O)c(Cl)c1. The van der Waals surface area contributed by atoms with Crippen LogP contribution in [0.1, 0.15) is 43.0 Å². The minimum Gasteiger partial charge on any atom is -0.495 e. The molecular formula is C35H32ClF2N2O8PS. The van der Waals surface area contributed by atoms with Crippen molar-refractivity contribution < 1.29 is 45.4 Å². The first-order chi connectivity index (χ1) is 23.4. The summed E-state index contributed by atoms with van der Waals surface area (Å²) in [6.45, 7) is 3.64. The smallest absolute Gasteiger partial charge is 0.411 e. The summed E-state index contributed by atoms with van der Waals surface area (Å²) >= 11 is 6.33. The largest absolute Gasteiger partial charge is 0.495 e. The Morgan fingerprint density at radius 1 is 0.980 bits per heavy atom. The highest BCUT2D eigenvalue weighted by Gasteiger charge is 2.86. The summed E-state index contributed by atoms with van der Waals surface area (Å²) in [4.78, 5) is 22.4. The van der Waals surface area contributed by atoms with E-state index in [0.717, 1.165) is 27.6 Å². The Kier molecular flexibility index (Phi) is 10.0. The van der Waals surface area contributed by atoms with Crippen molar-refractivity contribution in [2.24, 2.45) is 5.41 Å². The van der Waals surface area contributed by atoms with E-state index in [4.69, 9.17) is 21.1 Å². The van der Waals surface area contributed by atoms with E-state index in [-0.39, 0.29) is 29.3 Å². The van der Waals surface area contributed by atoms with Crippen LogP contribution in [0.25, 0.3) is 11.1 Å². The van der Waals surface area contributed by atoms with Gasteiger partial charge in [0.05, 0.1) is 29.2 Å². The van der Waals surface area contributed by atoms with Gasteiger partial charge in [0.15, 0.2) is 0 Å². The van der Waals surface area contributed by atoms with E-state index in [1.54, 1.807) is 48.5 Å². The predicted octanol–water partition coefficient (Wildman–Crippen LogP) is 7.83. The van der Waals surface area contributed by atoms with Gasteiger partial charge < -0.3 is 14.4 Å². The van der Waals surface area contributed by atoms with Crippen LogP contribution in [-0.4, -0.2) is 36.2 Å². The molecule has 0 aliphatic carbocycles. The zero-order valence-electron chi connectivity index (χ0n) is 27.3. The van der Waals surface area contributed by atoms with Crippen molar-refractivity contribution in [3.05, 3.63) is 118 Å². The molecule has 4 aromatic rings. The third kappa shape index (κ3) is 7.05. The molecule has 0 radical (unpaired) electrons. The molecule has 5 rings (SSSR count). The summed E-state index contributed by atoms with van der Waals surface area (Å²) in [6.07, 6.45) is 0. The van der Waals surface area contributed by atoms with Gasteiger partial charge in [-0.1, -0.05) is 72.3 Å². The highest BCUT2D eigenvalue weighted by Crippen LogP contribution is 2.82. The molecule has 262 valence electrons. The lowest BCUT2D eigenvalue weighted by atomic mass is 9.97. The molecule has 50 heavy (non-hydrogen) atoms. The van der Waals surface area contributed by atoms with Crippen molar-refractivity contribution in [2.45, 2.75) is 50.2 Å². The van der Waals surface area contributed by atoms with E-state index in [0.29, 0.717) is 11.1 Å². The lowest BCUT2D eigenvalue weighted by Crippen LogP contribution is -2.41. The van der Waals surface area contributed by atoms with E-state index in [9.17, 15) is 27.9 Å². The van der Waals surface area contributed by atoms with Crippen molar-refractivity contribution >= 4 is 35.2 Å². The summed E-state index contributed by atoms with van der Waals surface area (Å²) in [5.41, 5.74) is -2.88. The van der Waals surface area contributed by atoms with Gasteiger partial charge in [-0.05, 0) is 73.4 Å². The number of methoxy groups -OCH3 is 1. The van der Waals surface area contributed by atoms with Crippen LogP contribution in [0.2, 0.25) is 5.02 Å². The summed E-state index contributed by atoms with van der Waals surface area (Å²) < 4.78 is 88.3. The maximum atomic E-state index is 15.9. The summed E-state index contributed by atoms with van der Waals surface area (Å²) in [7, 11) is -8.04. The molecular weight excluding hydrogens is 713 g/mol. The average Bonchev–Trinajstić information content (AvgIpc) is 3.65. The van der Waals surface area contributed by atoms with Crippen molar-refractivity contribution in [1.82, 2.24) is 4.31 Å². The second-order valence-corrected chi connectivity index (χ2v) is 16.7. The molecule has 1 aliphatic rings. The van der Waals surface area contributed by atoms with Crippen molar-refractivity contribution in [1.29, 1.82) is 5.26 Å². The summed E-state index contributed by atoms with van der Waals surface area (Å²) in [6, 6.07) is 25.3. The molecule has 0 spiro atoms. The fourth-order valence-corrected chi connectivity index (χ4v) is 8.28. The summed E-state index contributed by atoms with van der Waals surface area (Å²) in [5.74, 6) is -5.48. The normalized spacial score (nSPS) is 19.1. The quantitative estimate of drug-likeness (QED) is 0.0922. The molecule has 1 N–H and O–H groups in total. The number of ether oxygens (including phenoxy) is 2. The lowest BCUT2D eigenvalue weighted by Gasteiger charge is -2.27. The Bertz CT molecular complexity index is 2150. The maximum absolute atomic E-state index is 15.9. The minimum atomic E-state index is -5.09. The number of para-hydroxylation sites is 1. The van der Waals surface area contributed by atoms with Crippen LogP contribution in [0, 0.1) is 16.7 Å². The average molecular weight is 745 g/mol. The second-order valence-electron chi connectivity index (χ2n) is 12.5. The Morgan fingerprint density at radius 3 is 2.18 bits per heavy atom. The third-order valence-electron chi connectivity index (χ3n) is 7.88. The molecule has 2 unspecified atom stereocenters. The molecule has 1 heterocycles. The van der Waals surface area contributed by atoms with Gasteiger partial charge in [-0.25, -0.2) is 12.9 Å². The number of carbonyl (C=O) groups is 1. The number of esters is 1. The first-order valence-electron chi connectivity index (χ1n) is 15.0. The molecule has 10 nitrogen and oxygen atoms in total. The molecule has 0 amide bonds. The van der Waals surface area contributed by atoms with Crippen LogP contribution < -0.4 is 4.74 Å². The fraction of sp³-hybridized carbons (Fsp3) is 0.257. The van der Waals surface area contributed by atoms with E-state index < -0.39 is 51.0 Å². The molecule has 1 saturated heterocycles. The number of alkyl halides is 2. The van der Waals surface area contributed by atoms with E-state index in [2.05, 4.69) is 10.6 Å². The Labute approximate surface area is 293 Å². The molecule has 0 bridgehead atoms. The number of benzene rings is 4. The van der Waals surface area contributed by atoms with Crippen LogP contribution in [0.3, 0.4) is 0 Å². The number of carbonyl (C=O) groups excluding carboxylic acids is 1. The highest BCUT2D eigenvalue weighted by atomic mass is 35.5. The molecule has 2 atom stereocenters. The van der Waals surface area contributed by atoms with Gasteiger partial charge in [0.1, 0.15) is 10.6 Å². The monoisotopic (exact) mass is 744 g/mol. The molecule has 15 heteroatoms. The summed E-state index contributed by atoms with van der Waals surface area (Å²) in [5, 5.41) is 8.67. The molecule has 1 aliphatic heterocycles. The zero-order chi connectivity index (χ0) is 36.7. The van der Waals surface area contributed by atoms with Gasteiger partial charge in [0.25, 0.3) is 0 Å². The molecule has 1 fully saturated rings. The number of nitrogens with zero attached hydrogens (tertiary/aromatic N) is 2. The first-order valence-corrected chi connectivity index (χ1v) is 18.4. The number of rotatable bonds is 11. The number of halogens is 3. The van der Waals surface area contributed by atoms with Crippen LogP contribution in [0.4, 0.5) is 8.78 Å². The third-order valence-corrected chi connectivity index (χ3v) is 11.6. The van der Waals surface area contributed by atoms with E-state index in [1.165, 1.54) is 52.1 Å².